The first-order chi connectivity index (χ1) is 8.10. The number of likely N-dealkylation sites (N-methyl/N-ethyl adjacent to an activating group) is 1. The Morgan fingerprint density at radius 2 is 2.24 bits per heavy atom. The molecule has 0 radical (unpaired) electrons. The van der Waals surface area contributed by atoms with E-state index in [1.165, 1.54) is 7.11 Å². The molecule has 3 atom stereocenters. The SMILES string of the molecule is CCN(CC1CCCO1)C(C)C(C)C(=O)OC. The van der Waals surface area contributed by atoms with Crippen LogP contribution in [0.3, 0.4) is 0 Å². The second kappa shape index (κ2) is 6.97. The van der Waals surface area contributed by atoms with Crippen molar-refractivity contribution in [2.24, 2.45) is 5.92 Å². The summed E-state index contributed by atoms with van der Waals surface area (Å²) in [5, 5.41) is 0. The van der Waals surface area contributed by atoms with Crippen molar-refractivity contribution in [2.75, 3.05) is 26.8 Å². The third-order valence-electron chi connectivity index (χ3n) is 3.74. The lowest BCUT2D eigenvalue weighted by Gasteiger charge is -2.32. The first kappa shape index (κ1) is 14.5. The second-order valence-electron chi connectivity index (χ2n) is 4.78. The summed E-state index contributed by atoms with van der Waals surface area (Å²) in [6, 6.07) is 0.191. The maximum atomic E-state index is 11.5. The van der Waals surface area contributed by atoms with Gasteiger partial charge in [-0.15, -0.1) is 0 Å². The molecule has 1 rings (SSSR count). The van der Waals surface area contributed by atoms with Gasteiger partial charge in [0.25, 0.3) is 0 Å². The summed E-state index contributed by atoms with van der Waals surface area (Å²) >= 11 is 0. The Morgan fingerprint density at radius 1 is 1.53 bits per heavy atom. The maximum absolute atomic E-state index is 11.5. The van der Waals surface area contributed by atoms with Crippen LogP contribution < -0.4 is 0 Å². The minimum atomic E-state index is -0.136. The quantitative estimate of drug-likeness (QED) is 0.665. The van der Waals surface area contributed by atoms with E-state index in [4.69, 9.17) is 9.47 Å². The number of rotatable bonds is 6. The van der Waals surface area contributed by atoms with E-state index < -0.39 is 0 Å². The van der Waals surface area contributed by atoms with Gasteiger partial charge in [-0.3, -0.25) is 9.69 Å². The van der Waals surface area contributed by atoms with Crippen molar-refractivity contribution in [3.63, 3.8) is 0 Å². The van der Waals surface area contributed by atoms with E-state index >= 15 is 0 Å². The van der Waals surface area contributed by atoms with Crippen molar-refractivity contribution < 1.29 is 14.3 Å². The first-order valence-electron chi connectivity index (χ1n) is 6.53. The number of esters is 1. The van der Waals surface area contributed by atoms with E-state index in [9.17, 15) is 4.79 Å². The Labute approximate surface area is 104 Å². The standard InChI is InChI=1S/C13H25NO3/c1-5-14(9-12-7-6-8-17-12)11(3)10(2)13(15)16-4/h10-12H,5-9H2,1-4H3. The van der Waals surface area contributed by atoms with Crippen molar-refractivity contribution in [2.45, 2.75) is 45.8 Å². The number of nitrogens with zero attached hydrogens (tertiary/aromatic N) is 1. The van der Waals surface area contributed by atoms with E-state index in [1.807, 2.05) is 6.92 Å². The van der Waals surface area contributed by atoms with Gasteiger partial charge in [-0.25, -0.2) is 0 Å². The highest BCUT2D eigenvalue weighted by Crippen LogP contribution is 2.18. The van der Waals surface area contributed by atoms with Crippen molar-refractivity contribution in [3.8, 4) is 0 Å². The van der Waals surface area contributed by atoms with Crippen LogP contribution in [0.2, 0.25) is 0 Å². The Bertz CT molecular complexity index is 239. The summed E-state index contributed by atoms with van der Waals surface area (Å²) in [6.07, 6.45) is 2.63. The van der Waals surface area contributed by atoms with Gasteiger partial charge in [0, 0.05) is 19.2 Å². The largest absolute Gasteiger partial charge is 0.469 e. The summed E-state index contributed by atoms with van der Waals surface area (Å²) in [4.78, 5) is 13.8. The second-order valence-corrected chi connectivity index (χ2v) is 4.78. The third kappa shape index (κ3) is 3.96. The van der Waals surface area contributed by atoms with Crippen LogP contribution in [0.1, 0.15) is 33.6 Å². The van der Waals surface area contributed by atoms with Gasteiger partial charge in [0.2, 0.25) is 0 Å². The van der Waals surface area contributed by atoms with Crippen molar-refractivity contribution in [3.05, 3.63) is 0 Å². The van der Waals surface area contributed by atoms with Crippen LogP contribution in [-0.2, 0) is 14.3 Å². The van der Waals surface area contributed by atoms with E-state index in [0.717, 1.165) is 32.5 Å². The van der Waals surface area contributed by atoms with Gasteiger partial charge >= 0.3 is 5.97 Å². The molecule has 17 heavy (non-hydrogen) atoms. The predicted molar refractivity (Wildman–Crippen MR) is 66.9 cm³/mol. The van der Waals surface area contributed by atoms with Gasteiger partial charge < -0.3 is 9.47 Å². The maximum Gasteiger partial charge on any atom is 0.309 e. The van der Waals surface area contributed by atoms with Crippen LogP contribution in [0.25, 0.3) is 0 Å². The number of hydrogen-bond donors (Lipinski definition) is 0. The lowest BCUT2D eigenvalue weighted by Crippen LogP contribution is -2.44. The summed E-state index contributed by atoms with van der Waals surface area (Å²) in [6.45, 7) is 8.86. The molecule has 0 aromatic carbocycles. The molecule has 4 heteroatoms. The molecule has 100 valence electrons. The number of carbonyl (C=O) groups excluding carboxylic acids is 1. The van der Waals surface area contributed by atoms with Crippen LogP contribution in [0.5, 0.6) is 0 Å². The monoisotopic (exact) mass is 243 g/mol. The zero-order valence-electron chi connectivity index (χ0n) is 11.4. The Morgan fingerprint density at radius 3 is 2.71 bits per heavy atom. The summed E-state index contributed by atoms with van der Waals surface area (Å²) < 4.78 is 10.4. The van der Waals surface area contributed by atoms with Crippen LogP contribution in [0, 0.1) is 5.92 Å². The lowest BCUT2D eigenvalue weighted by atomic mass is 10.0. The average molecular weight is 243 g/mol. The lowest BCUT2D eigenvalue weighted by molar-refractivity contribution is -0.147. The number of hydrogen-bond acceptors (Lipinski definition) is 4. The molecule has 1 aliphatic rings. The highest BCUT2D eigenvalue weighted by Gasteiger charge is 2.28. The van der Waals surface area contributed by atoms with Crippen LogP contribution in [0.4, 0.5) is 0 Å². The van der Waals surface area contributed by atoms with Crippen LogP contribution in [0.15, 0.2) is 0 Å². The molecule has 4 nitrogen and oxygen atoms in total. The highest BCUT2D eigenvalue weighted by atomic mass is 16.5. The van der Waals surface area contributed by atoms with E-state index in [0.29, 0.717) is 6.10 Å². The van der Waals surface area contributed by atoms with Crippen molar-refractivity contribution in [1.29, 1.82) is 0 Å². The zero-order valence-corrected chi connectivity index (χ0v) is 11.4. The molecule has 1 saturated heterocycles. The Hall–Kier alpha value is -0.610. The van der Waals surface area contributed by atoms with Crippen LogP contribution >= 0.6 is 0 Å². The molecule has 0 aliphatic carbocycles. The molecule has 0 amide bonds. The highest BCUT2D eigenvalue weighted by molar-refractivity contribution is 5.72. The van der Waals surface area contributed by atoms with Gasteiger partial charge in [0.15, 0.2) is 0 Å². The van der Waals surface area contributed by atoms with Gasteiger partial charge in [-0.2, -0.15) is 0 Å². The normalized spacial score (nSPS) is 23.7. The Kier molecular flexibility index (Phi) is 5.92. The molecule has 0 aromatic rings. The van der Waals surface area contributed by atoms with Crippen LogP contribution in [-0.4, -0.2) is 49.8 Å². The Balaban J connectivity index is 2.49. The van der Waals surface area contributed by atoms with Crippen molar-refractivity contribution >= 4 is 5.97 Å². The zero-order chi connectivity index (χ0) is 12.8. The van der Waals surface area contributed by atoms with Gasteiger partial charge in [0.05, 0.1) is 19.1 Å². The molecule has 0 N–H and O–H groups in total. The third-order valence-corrected chi connectivity index (χ3v) is 3.74. The average Bonchev–Trinajstić information content (AvgIpc) is 2.85. The molecule has 1 heterocycles. The topological polar surface area (TPSA) is 38.8 Å². The number of methoxy groups -OCH3 is 1. The first-order valence-corrected chi connectivity index (χ1v) is 6.53. The van der Waals surface area contributed by atoms with Gasteiger partial charge in [-0.1, -0.05) is 13.8 Å². The minimum Gasteiger partial charge on any atom is -0.469 e. The van der Waals surface area contributed by atoms with E-state index in [1.54, 1.807) is 0 Å². The molecule has 1 fully saturated rings. The molecular formula is C13H25NO3. The number of ether oxygens (including phenoxy) is 2. The number of carbonyl (C=O) groups is 1. The smallest absolute Gasteiger partial charge is 0.309 e. The summed E-state index contributed by atoms with van der Waals surface area (Å²) in [5.74, 6) is -0.232. The fraction of sp³-hybridized carbons (Fsp3) is 0.923. The molecule has 0 saturated carbocycles. The summed E-state index contributed by atoms with van der Waals surface area (Å²) in [5.41, 5.74) is 0. The molecular weight excluding hydrogens is 218 g/mol. The van der Waals surface area contributed by atoms with E-state index in [2.05, 4.69) is 18.7 Å². The van der Waals surface area contributed by atoms with Crippen molar-refractivity contribution in [1.82, 2.24) is 4.90 Å². The molecule has 0 bridgehead atoms. The fourth-order valence-electron chi connectivity index (χ4n) is 2.33. The predicted octanol–water partition coefficient (Wildman–Crippen LogP) is 1.68. The van der Waals surface area contributed by atoms with Gasteiger partial charge in [-0.05, 0) is 26.3 Å². The fourth-order valence-corrected chi connectivity index (χ4v) is 2.33. The minimum absolute atomic E-state index is 0.0960. The molecule has 1 aliphatic heterocycles. The summed E-state index contributed by atoms with van der Waals surface area (Å²) in [7, 11) is 1.45. The molecule has 0 aromatic heterocycles. The van der Waals surface area contributed by atoms with Gasteiger partial charge in [0.1, 0.15) is 0 Å². The molecule has 0 spiro atoms. The van der Waals surface area contributed by atoms with E-state index in [-0.39, 0.29) is 17.9 Å². The molecule has 3 unspecified atom stereocenters.